The first kappa shape index (κ1) is 27.9. The van der Waals surface area contributed by atoms with Crippen LogP contribution in [0.4, 0.5) is 4.39 Å². The molecule has 3 aromatic rings. The highest BCUT2D eigenvalue weighted by atomic mass is 19.1. The van der Waals surface area contributed by atoms with Crippen LogP contribution in [0.3, 0.4) is 0 Å². The van der Waals surface area contributed by atoms with Crippen molar-refractivity contribution in [1.29, 1.82) is 0 Å². The number of halogens is 1. The van der Waals surface area contributed by atoms with E-state index in [0.717, 1.165) is 29.5 Å². The molecule has 0 saturated carbocycles. The zero-order chi connectivity index (χ0) is 26.6. The fourth-order valence-electron chi connectivity index (χ4n) is 4.16. The van der Waals surface area contributed by atoms with Crippen LogP contribution in [0.5, 0.6) is 5.75 Å². The van der Waals surface area contributed by atoms with Crippen LogP contribution in [-0.2, 0) is 22.6 Å². The number of amides is 2. The van der Waals surface area contributed by atoms with E-state index in [4.69, 9.17) is 4.74 Å². The number of nitrogens with one attached hydrogen (secondary N) is 1. The Morgan fingerprint density at radius 1 is 0.919 bits per heavy atom. The molecule has 1 unspecified atom stereocenters. The van der Waals surface area contributed by atoms with Gasteiger partial charge in [-0.15, -0.1) is 0 Å². The molecule has 1 N–H and O–H groups in total. The summed E-state index contributed by atoms with van der Waals surface area (Å²) in [5.74, 6) is 0.00887. The van der Waals surface area contributed by atoms with Crippen LogP contribution < -0.4 is 10.1 Å². The van der Waals surface area contributed by atoms with Gasteiger partial charge < -0.3 is 15.0 Å². The number of carbonyl (C=O) groups excluding carboxylic acids is 2. The third-order valence-corrected chi connectivity index (χ3v) is 6.26. The molecule has 0 fully saturated rings. The van der Waals surface area contributed by atoms with E-state index in [2.05, 4.69) is 26.1 Å². The Balaban J connectivity index is 1.90. The number of nitrogens with zero attached hydrogens (tertiary/aromatic N) is 1. The van der Waals surface area contributed by atoms with Crippen LogP contribution in [0.1, 0.15) is 56.2 Å². The molecule has 3 rings (SSSR count). The largest absolute Gasteiger partial charge is 0.483 e. The van der Waals surface area contributed by atoms with Crippen molar-refractivity contribution in [3.05, 3.63) is 101 Å². The van der Waals surface area contributed by atoms with E-state index in [1.807, 2.05) is 54.6 Å². The highest BCUT2D eigenvalue weighted by Gasteiger charge is 2.30. The van der Waals surface area contributed by atoms with Crippen LogP contribution in [0.25, 0.3) is 0 Å². The molecule has 0 aliphatic heterocycles. The van der Waals surface area contributed by atoms with Crippen molar-refractivity contribution >= 4 is 11.8 Å². The van der Waals surface area contributed by atoms with Gasteiger partial charge in [0.15, 0.2) is 6.61 Å². The van der Waals surface area contributed by atoms with E-state index in [9.17, 15) is 14.0 Å². The Morgan fingerprint density at radius 3 is 2.27 bits per heavy atom. The summed E-state index contributed by atoms with van der Waals surface area (Å²) in [5.41, 5.74) is 2.69. The first-order valence-electron chi connectivity index (χ1n) is 13.0. The van der Waals surface area contributed by atoms with Gasteiger partial charge in [-0.05, 0) is 47.2 Å². The Kier molecular flexibility index (Phi) is 10.7. The Hall–Kier alpha value is -3.67. The summed E-state index contributed by atoms with van der Waals surface area (Å²) in [6.45, 7) is 6.69. The second-order valence-corrected chi connectivity index (χ2v) is 9.48. The zero-order valence-electron chi connectivity index (χ0n) is 22.0. The average Bonchev–Trinajstić information content (AvgIpc) is 2.91. The lowest BCUT2D eigenvalue weighted by Gasteiger charge is -2.31. The van der Waals surface area contributed by atoms with Gasteiger partial charge in [0.05, 0.1) is 0 Å². The summed E-state index contributed by atoms with van der Waals surface area (Å²) in [6.07, 6.45) is 2.16. The Morgan fingerprint density at radius 2 is 1.59 bits per heavy atom. The zero-order valence-corrected chi connectivity index (χ0v) is 22.0. The van der Waals surface area contributed by atoms with Gasteiger partial charge in [0, 0.05) is 19.5 Å². The smallest absolute Gasteiger partial charge is 0.261 e. The molecule has 0 aliphatic rings. The fourth-order valence-corrected chi connectivity index (χ4v) is 4.16. The number of hydrogen-bond acceptors (Lipinski definition) is 3. The summed E-state index contributed by atoms with van der Waals surface area (Å²) in [5, 5.41) is 3.00. The van der Waals surface area contributed by atoms with E-state index in [1.165, 1.54) is 12.1 Å². The summed E-state index contributed by atoms with van der Waals surface area (Å²) < 4.78 is 19.6. The molecule has 0 spiro atoms. The molecule has 0 aliphatic carbocycles. The lowest BCUT2D eigenvalue weighted by molar-refractivity contribution is -0.142. The number of hydrogen-bond donors (Lipinski definition) is 1. The number of para-hydroxylation sites is 1. The molecule has 2 amide bonds. The molecule has 0 radical (unpaired) electrons. The van der Waals surface area contributed by atoms with Crippen LogP contribution >= 0.6 is 0 Å². The number of benzene rings is 3. The van der Waals surface area contributed by atoms with Crippen molar-refractivity contribution in [1.82, 2.24) is 10.2 Å². The van der Waals surface area contributed by atoms with Gasteiger partial charge in [0.1, 0.15) is 17.6 Å². The minimum atomic E-state index is -0.749. The van der Waals surface area contributed by atoms with Crippen molar-refractivity contribution in [2.45, 2.75) is 58.5 Å². The molecule has 1 atom stereocenters. The molecule has 5 nitrogen and oxygen atoms in total. The molecule has 0 bridgehead atoms. The lowest BCUT2D eigenvalue weighted by Crippen LogP contribution is -2.51. The first-order valence-corrected chi connectivity index (χ1v) is 13.0. The fraction of sp³-hybridized carbons (Fsp3) is 0.355. The Bertz CT molecular complexity index is 1130. The summed E-state index contributed by atoms with van der Waals surface area (Å²) in [4.78, 5) is 28.7. The topological polar surface area (TPSA) is 58.6 Å². The van der Waals surface area contributed by atoms with Crippen molar-refractivity contribution in [2.24, 2.45) is 0 Å². The Labute approximate surface area is 219 Å². The van der Waals surface area contributed by atoms with Gasteiger partial charge in [-0.25, -0.2) is 4.39 Å². The normalized spacial score (nSPS) is 11.7. The van der Waals surface area contributed by atoms with Crippen molar-refractivity contribution in [3.63, 3.8) is 0 Å². The van der Waals surface area contributed by atoms with Crippen LogP contribution in [0.15, 0.2) is 78.9 Å². The SMILES string of the molecule is CCCCNC(=O)C(Cc1ccccc1)N(Cc1ccc(F)cc1)C(=O)COc1ccccc1C(C)C. The second kappa shape index (κ2) is 14.2. The number of rotatable bonds is 13. The summed E-state index contributed by atoms with van der Waals surface area (Å²) in [6, 6.07) is 22.6. The maximum absolute atomic E-state index is 13.7. The number of ether oxygens (including phenoxy) is 1. The highest BCUT2D eigenvalue weighted by Crippen LogP contribution is 2.26. The lowest BCUT2D eigenvalue weighted by atomic mass is 10.0. The van der Waals surface area contributed by atoms with E-state index >= 15 is 0 Å². The standard InChI is InChI=1S/C31H37FN2O3/c1-4-5-19-33-31(36)28(20-24-11-7-6-8-12-24)34(21-25-15-17-26(32)18-16-25)30(35)22-37-29-14-10-9-13-27(29)23(2)3/h6-18,23,28H,4-5,19-22H2,1-3H3,(H,33,36). The first-order chi connectivity index (χ1) is 17.9. The molecule has 0 aromatic heterocycles. The maximum Gasteiger partial charge on any atom is 0.261 e. The number of carbonyl (C=O) groups is 2. The van der Waals surface area contributed by atoms with E-state index in [-0.39, 0.29) is 36.7 Å². The molecular weight excluding hydrogens is 467 g/mol. The van der Waals surface area contributed by atoms with Crippen molar-refractivity contribution < 1.29 is 18.7 Å². The van der Waals surface area contributed by atoms with Gasteiger partial charge in [0.2, 0.25) is 5.91 Å². The predicted molar refractivity (Wildman–Crippen MR) is 145 cm³/mol. The highest BCUT2D eigenvalue weighted by molar-refractivity contribution is 5.88. The van der Waals surface area contributed by atoms with Gasteiger partial charge >= 0.3 is 0 Å². The van der Waals surface area contributed by atoms with Crippen LogP contribution in [-0.4, -0.2) is 35.9 Å². The molecule has 37 heavy (non-hydrogen) atoms. The van der Waals surface area contributed by atoms with Gasteiger partial charge in [-0.2, -0.15) is 0 Å². The second-order valence-electron chi connectivity index (χ2n) is 9.48. The van der Waals surface area contributed by atoms with Crippen molar-refractivity contribution in [3.8, 4) is 5.75 Å². The minimum absolute atomic E-state index is 0.160. The quantitative estimate of drug-likeness (QED) is 0.296. The molecule has 0 saturated heterocycles. The monoisotopic (exact) mass is 504 g/mol. The summed E-state index contributed by atoms with van der Waals surface area (Å²) >= 11 is 0. The van der Waals surface area contributed by atoms with Crippen molar-refractivity contribution in [2.75, 3.05) is 13.2 Å². The summed E-state index contributed by atoms with van der Waals surface area (Å²) in [7, 11) is 0. The van der Waals surface area contributed by atoms with Gasteiger partial charge in [-0.3, -0.25) is 9.59 Å². The number of unbranched alkanes of at least 4 members (excludes halogenated alkanes) is 1. The van der Waals surface area contributed by atoms with E-state index < -0.39 is 6.04 Å². The van der Waals surface area contributed by atoms with Gasteiger partial charge in [0.25, 0.3) is 5.91 Å². The molecule has 0 heterocycles. The maximum atomic E-state index is 13.7. The third-order valence-electron chi connectivity index (χ3n) is 6.26. The van der Waals surface area contributed by atoms with Gasteiger partial charge in [-0.1, -0.05) is 87.9 Å². The van der Waals surface area contributed by atoms with Crippen LogP contribution in [0.2, 0.25) is 0 Å². The van der Waals surface area contributed by atoms with Crippen LogP contribution in [0, 0.1) is 5.82 Å². The average molecular weight is 505 g/mol. The molecular formula is C31H37FN2O3. The predicted octanol–water partition coefficient (Wildman–Crippen LogP) is 5.88. The van der Waals surface area contributed by atoms with E-state index in [0.29, 0.717) is 18.7 Å². The van der Waals surface area contributed by atoms with E-state index in [1.54, 1.807) is 17.0 Å². The molecule has 3 aromatic carbocycles. The molecule has 196 valence electrons. The minimum Gasteiger partial charge on any atom is -0.483 e. The molecule has 6 heteroatoms. The third kappa shape index (κ3) is 8.45.